The first-order valence-corrected chi connectivity index (χ1v) is 23.3. The number of unbranched alkanes of at least 4 members (excludes halogenated alkanes) is 28. The van der Waals surface area contributed by atoms with Gasteiger partial charge >= 0.3 is 0 Å². The number of nitrogens with one attached hydrogen (secondary N) is 1. The van der Waals surface area contributed by atoms with Crippen molar-refractivity contribution in [1.29, 1.82) is 0 Å². The molecule has 0 aromatic rings. The van der Waals surface area contributed by atoms with E-state index < -0.39 is 18.2 Å². The molecule has 0 rings (SSSR count). The SMILES string of the molecule is CCCCCCCCC/C=C/CC/C=C/CCCC(O)C(O)C(CO)NC(=O)CCCCCCCCC/C=C\CCCCCCCCCCCCCC. The molecule has 0 aromatic carbocycles. The van der Waals surface area contributed by atoms with E-state index in [-0.39, 0.29) is 12.5 Å². The number of carbonyl (C=O) groups excluding carboxylic acids is 1. The Morgan fingerprint density at radius 1 is 0.453 bits per heavy atom. The molecule has 0 spiro atoms. The highest BCUT2D eigenvalue weighted by atomic mass is 16.3. The van der Waals surface area contributed by atoms with Crippen molar-refractivity contribution in [3.8, 4) is 0 Å². The first kappa shape index (κ1) is 51.6. The van der Waals surface area contributed by atoms with Crippen molar-refractivity contribution in [1.82, 2.24) is 5.32 Å². The summed E-state index contributed by atoms with van der Waals surface area (Å²) >= 11 is 0. The van der Waals surface area contributed by atoms with Crippen molar-refractivity contribution < 1.29 is 20.1 Å². The molecule has 0 saturated heterocycles. The predicted molar refractivity (Wildman–Crippen MR) is 231 cm³/mol. The first-order valence-electron chi connectivity index (χ1n) is 23.3. The summed E-state index contributed by atoms with van der Waals surface area (Å²) in [4.78, 5) is 12.4. The highest BCUT2D eigenvalue weighted by Gasteiger charge is 2.26. The lowest BCUT2D eigenvalue weighted by atomic mass is 10.0. The Kier molecular flexibility index (Phi) is 42.1. The summed E-state index contributed by atoms with van der Waals surface area (Å²) in [6.45, 7) is 4.16. The van der Waals surface area contributed by atoms with Crippen molar-refractivity contribution >= 4 is 5.91 Å². The van der Waals surface area contributed by atoms with Gasteiger partial charge in [-0.1, -0.05) is 192 Å². The van der Waals surface area contributed by atoms with Crippen LogP contribution in [0.15, 0.2) is 36.5 Å². The average Bonchev–Trinajstić information content (AvgIpc) is 3.16. The molecule has 0 bridgehead atoms. The molecule has 0 fully saturated rings. The number of aliphatic hydroxyl groups is 3. The van der Waals surface area contributed by atoms with Crippen LogP contribution in [0.5, 0.6) is 0 Å². The fourth-order valence-electron chi connectivity index (χ4n) is 7.06. The zero-order valence-electron chi connectivity index (χ0n) is 35.4. The van der Waals surface area contributed by atoms with E-state index in [0.29, 0.717) is 12.8 Å². The third-order valence-electron chi connectivity index (χ3n) is 10.7. The van der Waals surface area contributed by atoms with Gasteiger partial charge in [-0.05, 0) is 77.0 Å². The van der Waals surface area contributed by atoms with Crippen molar-refractivity contribution in [3.05, 3.63) is 36.5 Å². The summed E-state index contributed by atoms with van der Waals surface area (Å²) in [5.74, 6) is -0.162. The maximum atomic E-state index is 12.4. The molecule has 0 aliphatic rings. The summed E-state index contributed by atoms with van der Waals surface area (Å²) in [6, 6.07) is -0.834. The molecule has 3 unspecified atom stereocenters. The predicted octanol–water partition coefficient (Wildman–Crippen LogP) is 13.5. The van der Waals surface area contributed by atoms with Crippen LogP contribution >= 0.6 is 0 Å². The van der Waals surface area contributed by atoms with Gasteiger partial charge in [-0.2, -0.15) is 0 Å². The zero-order valence-corrected chi connectivity index (χ0v) is 35.4. The molecule has 0 radical (unpaired) electrons. The normalized spacial score (nSPS) is 13.8. The summed E-state index contributed by atoms with van der Waals surface area (Å²) in [5, 5.41) is 33.5. The molecule has 0 saturated carbocycles. The Morgan fingerprint density at radius 3 is 1.15 bits per heavy atom. The second-order valence-corrected chi connectivity index (χ2v) is 15.9. The van der Waals surface area contributed by atoms with E-state index in [9.17, 15) is 20.1 Å². The van der Waals surface area contributed by atoms with Gasteiger partial charge in [0, 0.05) is 6.42 Å². The highest BCUT2D eigenvalue weighted by molar-refractivity contribution is 5.76. The van der Waals surface area contributed by atoms with Gasteiger partial charge in [0.15, 0.2) is 0 Å². The molecule has 312 valence electrons. The van der Waals surface area contributed by atoms with E-state index in [1.54, 1.807) is 0 Å². The van der Waals surface area contributed by atoms with Crippen LogP contribution in [0.4, 0.5) is 0 Å². The largest absolute Gasteiger partial charge is 0.394 e. The number of allylic oxidation sites excluding steroid dienone is 6. The Balaban J connectivity index is 3.66. The lowest BCUT2D eigenvalue weighted by molar-refractivity contribution is -0.124. The van der Waals surface area contributed by atoms with E-state index >= 15 is 0 Å². The van der Waals surface area contributed by atoms with Gasteiger partial charge in [0.25, 0.3) is 0 Å². The van der Waals surface area contributed by atoms with Crippen LogP contribution in [0.3, 0.4) is 0 Å². The molecular formula is C48H91NO4. The summed E-state index contributed by atoms with van der Waals surface area (Å²) in [6.07, 6.45) is 54.0. The quantitative estimate of drug-likeness (QED) is 0.0370. The standard InChI is InChI=1S/C48H91NO4/c1-3-5-7-9-11-13-15-17-19-21-22-23-24-25-26-27-29-31-33-35-37-39-41-43-47(52)49-45(44-50)48(53)46(51)42-40-38-36-34-32-30-28-20-18-16-14-12-10-8-6-4-2/h20,25-26,28,34,36,45-46,48,50-51,53H,3-19,21-24,27,29-33,35,37-44H2,1-2H3,(H,49,52)/b26-25-,28-20+,36-34+. The maximum Gasteiger partial charge on any atom is 0.220 e. The molecule has 53 heavy (non-hydrogen) atoms. The molecule has 0 aliphatic carbocycles. The Labute approximate surface area is 330 Å². The van der Waals surface area contributed by atoms with Gasteiger partial charge in [0.1, 0.15) is 6.10 Å². The number of hydrogen-bond acceptors (Lipinski definition) is 4. The molecule has 1 amide bonds. The van der Waals surface area contributed by atoms with Crippen molar-refractivity contribution in [2.24, 2.45) is 0 Å². The second kappa shape index (κ2) is 43.3. The van der Waals surface area contributed by atoms with Crippen LogP contribution < -0.4 is 5.32 Å². The molecule has 0 aromatic heterocycles. The zero-order chi connectivity index (χ0) is 38.7. The number of rotatable bonds is 42. The number of amides is 1. The van der Waals surface area contributed by atoms with Gasteiger partial charge < -0.3 is 20.6 Å². The van der Waals surface area contributed by atoms with Crippen LogP contribution in [0.25, 0.3) is 0 Å². The summed E-state index contributed by atoms with van der Waals surface area (Å²) < 4.78 is 0. The molecule has 4 N–H and O–H groups in total. The van der Waals surface area contributed by atoms with E-state index in [0.717, 1.165) is 44.9 Å². The monoisotopic (exact) mass is 746 g/mol. The van der Waals surface area contributed by atoms with Crippen molar-refractivity contribution in [3.63, 3.8) is 0 Å². The number of aliphatic hydroxyl groups excluding tert-OH is 3. The molecule has 0 aliphatic heterocycles. The highest BCUT2D eigenvalue weighted by Crippen LogP contribution is 2.15. The molecule has 5 heteroatoms. The van der Waals surface area contributed by atoms with E-state index in [1.165, 1.54) is 167 Å². The smallest absolute Gasteiger partial charge is 0.220 e. The fraction of sp³-hybridized carbons (Fsp3) is 0.854. The van der Waals surface area contributed by atoms with E-state index in [4.69, 9.17) is 0 Å². The third kappa shape index (κ3) is 38.6. The van der Waals surface area contributed by atoms with Gasteiger partial charge in [-0.25, -0.2) is 0 Å². The summed E-state index contributed by atoms with van der Waals surface area (Å²) in [5.41, 5.74) is 0. The van der Waals surface area contributed by atoms with Crippen LogP contribution in [0.2, 0.25) is 0 Å². The lowest BCUT2D eigenvalue weighted by Crippen LogP contribution is -2.50. The third-order valence-corrected chi connectivity index (χ3v) is 10.7. The van der Waals surface area contributed by atoms with Crippen LogP contribution in [-0.2, 0) is 4.79 Å². The Bertz CT molecular complexity index is 824. The maximum absolute atomic E-state index is 12.4. The van der Waals surface area contributed by atoms with E-state index in [2.05, 4.69) is 55.6 Å². The van der Waals surface area contributed by atoms with Crippen LogP contribution in [0, 0.1) is 0 Å². The number of carbonyl (C=O) groups is 1. The minimum atomic E-state index is -1.17. The molecule has 0 heterocycles. The van der Waals surface area contributed by atoms with Crippen LogP contribution in [0.1, 0.15) is 239 Å². The fourth-order valence-corrected chi connectivity index (χ4v) is 7.06. The van der Waals surface area contributed by atoms with E-state index in [1.807, 2.05) is 0 Å². The minimum absolute atomic E-state index is 0.162. The average molecular weight is 746 g/mol. The first-order chi connectivity index (χ1) is 26.1. The summed E-state index contributed by atoms with van der Waals surface area (Å²) in [7, 11) is 0. The van der Waals surface area contributed by atoms with Gasteiger partial charge in [0.05, 0.1) is 18.8 Å². The number of hydrogen-bond donors (Lipinski definition) is 4. The van der Waals surface area contributed by atoms with Crippen molar-refractivity contribution in [2.45, 2.75) is 257 Å². The van der Waals surface area contributed by atoms with Gasteiger partial charge in [-0.15, -0.1) is 0 Å². The topological polar surface area (TPSA) is 89.8 Å². The van der Waals surface area contributed by atoms with Crippen LogP contribution in [-0.4, -0.2) is 46.1 Å². The Morgan fingerprint density at radius 2 is 0.774 bits per heavy atom. The minimum Gasteiger partial charge on any atom is -0.394 e. The van der Waals surface area contributed by atoms with Gasteiger partial charge in [0.2, 0.25) is 5.91 Å². The lowest BCUT2D eigenvalue weighted by Gasteiger charge is -2.26. The van der Waals surface area contributed by atoms with Crippen molar-refractivity contribution in [2.75, 3.05) is 6.61 Å². The van der Waals surface area contributed by atoms with Gasteiger partial charge in [-0.3, -0.25) is 4.79 Å². The Hall–Kier alpha value is -1.43. The molecule has 5 nitrogen and oxygen atoms in total. The molecule has 3 atom stereocenters. The molecular weight excluding hydrogens is 655 g/mol. The second-order valence-electron chi connectivity index (χ2n) is 15.9.